The van der Waals surface area contributed by atoms with E-state index in [0.717, 1.165) is 45.3 Å². The molecular weight excluding hydrogens is 430 g/mol. The summed E-state index contributed by atoms with van der Waals surface area (Å²) in [5.41, 5.74) is 4.80. The van der Waals surface area contributed by atoms with Crippen LogP contribution in [0.5, 0.6) is 0 Å². The average Bonchev–Trinajstić information content (AvgIpc) is 2.81. The van der Waals surface area contributed by atoms with E-state index in [4.69, 9.17) is 11.6 Å². The molecule has 1 aromatic heterocycles. The predicted octanol–water partition coefficient (Wildman–Crippen LogP) is 6.95. The van der Waals surface area contributed by atoms with Crippen molar-refractivity contribution in [3.8, 4) is 0 Å². The van der Waals surface area contributed by atoms with Gasteiger partial charge in [0.2, 0.25) is 0 Å². The Hall–Kier alpha value is -2.98. The van der Waals surface area contributed by atoms with Gasteiger partial charge in [0.05, 0.1) is 22.9 Å². The second kappa shape index (κ2) is 9.88. The first-order chi connectivity index (χ1) is 15.8. The number of rotatable bonds is 7. The molecule has 0 saturated heterocycles. The highest BCUT2D eigenvalue weighted by molar-refractivity contribution is 6.31. The number of benzene rings is 3. The van der Waals surface area contributed by atoms with Gasteiger partial charge >= 0.3 is 0 Å². The summed E-state index contributed by atoms with van der Waals surface area (Å²) >= 11 is 6.09. The van der Waals surface area contributed by atoms with Crippen molar-refractivity contribution in [2.24, 2.45) is 0 Å². The molecule has 2 N–H and O–H groups in total. The van der Waals surface area contributed by atoms with Crippen molar-refractivity contribution >= 4 is 34.7 Å². The van der Waals surface area contributed by atoms with Crippen LogP contribution in [0.15, 0.2) is 78.9 Å². The molecule has 0 bridgehead atoms. The van der Waals surface area contributed by atoms with Gasteiger partial charge in [0.25, 0.3) is 0 Å². The van der Waals surface area contributed by atoms with Crippen LogP contribution in [-0.2, 0) is 12.0 Å². The van der Waals surface area contributed by atoms with Crippen molar-refractivity contribution in [2.75, 3.05) is 0 Å². The molecule has 4 heteroatoms. The lowest BCUT2D eigenvalue weighted by Gasteiger charge is -2.18. The van der Waals surface area contributed by atoms with Crippen molar-refractivity contribution in [2.45, 2.75) is 38.4 Å². The van der Waals surface area contributed by atoms with Gasteiger partial charge in [-0.3, -0.25) is 0 Å². The van der Waals surface area contributed by atoms with Gasteiger partial charge in [-0.05, 0) is 79.3 Å². The molecule has 4 aromatic rings. The topological polar surface area (TPSA) is 53.4 Å². The van der Waals surface area contributed by atoms with Crippen molar-refractivity contribution in [3.63, 3.8) is 0 Å². The molecular formula is C29H28ClNO2. The first-order valence-electron chi connectivity index (χ1n) is 11.1. The van der Waals surface area contributed by atoms with Gasteiger partial charge in [-0.15, -0.1) is 0 Å². The number of hydrogen-bond acceptors (Lipinski definition) is 3. The molecule has 1 atom stereocenters. The Labute approximate surface area is 200 Å². The second-order valence-corrected chi connectivity index (χ2v) is 9.32. The number of halogens is 1. The number of nitrogens with zero attached hydrogens (tertiary/aromatic N) is 1. The zero-order valence-corrected chi connectivity index (χ0v) is 19.6. The van der Waals surface area contributed by atoms with E-state index in [0.29, 0.717) is 11.4 Å². The maximum Gasteiger partial charge on any atom is 0.0840 e. The van der Waals surface area contributed by atoms with Crippen molar-refractivity contribution in [3.05, 3.63) is 112 Å². The van der Waals surface area contributed by atoms with E-state index < -0.39 is 11.7 Å². The Morgan fingerprint density at radius 3 is 2.45 bits per heavy atom. The number of hydrogen-bond donors (Lipinski definition) is 2. The molecule has 1 unspecified atom stereocenters. The Bertz CT molecular complexity index is 1270. The molecule has 4 rings (SSSR count). The monoisotopic (exact) mass is 457 g/mol. The van der Waals surface area contributed by atoms with E-state index in [-0.39, 0.29) is 0 Å². The summed E-state index contributed by atoms with van der Waals surface area (Å²) in [4.78, 5) is 4.66. The smallest absolute Gasteiger partial charge is 0.0840 e. The van der Waals surface area contributed by atoms with Crippen molar-refractivity contribution < 1.29 is 10.2 Å². The third-order valence-corrected chi connectivity index (χ3v) is 6.02. The number of aliphatic hydroxyl groups excluding tert-OH is 1. The van der Waals surface area contributed by atoms with Gasteiger partial charge in [-0.1, -0.05) is 72.3 Å². The Kier molecular flexibility index (Phi) is 6.94. The van der Waals surface area contributed by atoms with E-state index >= 15 is 0 Å². The minimum absolute atomic E-state index is 0.548. The van der Waals surface area contributed by atoms with Crippen molar-refractivity contribution in [1.29, 1.82) is 0 Å². The van der Waals surface area contributed by atoms with Crippen LogP contribution in [0.4, 0.5) is 0 Å². The average molecular weight is 458 g/mol. The van der Waals surface area contributed by atoms with Gasteiger partial charge in [0, 0.05) is 10.4 Å². The summed E-state index contributed by atoms with van der Waals surface area (Å²) in [6, 6.07) is 25.6. The maximum absolute atomic E-state index is 10.7. The highest BCUT2D eigenvalue weighted by Crippen LogP contribution is 2.24. The summed E-state index contributed by atoms with van der Waals surface area (Å²) in [6.07, 6.45) is 4.81. The summed E-state index contributed by atoms with van der Waals surface area (Å²) in [5.74, 6) is 0. The van der Waals surface area contributed by atoms with E-state index in [1.165, 1.54) is 0 Å². The van der Waals surface area contributed by atoms with Gasteiger partial charge < -0.3 is 10.2 Å². The van der Waals surface area contributed by atoms with Gasteiger partial charge in [-0.2, -0.15) is 0 Å². The summed E-state index contributed by atoms with van der Waals surface area (Å²) in [6.45, 7) is 3.55. The molecule has 0 fully saturated rings. The highest BCUT2D eigenvalue weighted by atomic mass is 35.5. The van der Waals surface area contributed by atoms with Crippen LogP contribution in [0.2, 0.25) is 5.02 Å². The van der Waals surface area contributed by atoms with Crippen LogP contribution in [0, 0.1) is 0 Å². The largest absolute Gasteiger partial charge is 0.388 e. The zero-order valence-electron chi connectivity index (χ0n) is 18.9. The minimum atomic E-state index is -0.846. The maximum atomic E-state index is 10.7. The first-order valence-corrected chi connectivity index (χ1v) is 11.5. The van der Waals surface area contributed by atoms with E-state index in [2.05, 4.69) is 4.98 Å². The number of fused-ring (bicyclic) bond motifs is 1. The van der Waals surface area contributed by atoms with E-state index in [1.807, 2.05) is 91.0 Å². The molecule has 0 saturated carbocycles. The van der Waals surface area contributed by atoms with Gasteiger partial charge in [0.1, 0.15) is 0 Å². The lowest BCUT2D eigenvalue weighted by atomic mass is 9.95. The van der Waals surface area contributed by atoms with Crippen LogP contribution in [0.3, 0.4) is 0 Å². The molecule has 33 heavy (non-hydrogen) atoms. The third kappa shape index (κ3) is 6.08. The highest BCUT2D eigenvalue weighted by Gasteiger charge is 2.15. The van der Waals surface area contributed by atoms with E-state index in [1.54, 1.807) is 13.8 Å². The van der Waals surface area contributed by atoms with Crippen molar-refractivity contribution in [1.82, 2.24) is 4.98 Å². The third-order valence-electron chi connectivity index (χ3n) is 5.78. The second-order valence-electron chi connectivity index (χ2n) is 8.89. The fourth-order valence-corrected chi connectivity index (χ4v) is 3.97. The number of aryl methyl sites for hydroxylation is 1. The molecule has 168 valence electrons. The Morgan fingerprint density at radius 2 is 1.70 bits per heavy atom. The van der Waals surface area contributed by atoms with Crippen LogP contribution in [-0.4, -0.2) is 15.2 Å². The molecule has 0 aliphatic carbocycles. The molecule has 0 aliphatic heterocycles. The quantitative estimate of drug-likeness (QED) is 0.315. The summed E-state index contributed by atoms with van der Waals surface area (Å²) in [7, 11) is 0. The fourth-order valence-electron chi connectivity index (χ4n) is 3.80. The van der Waals surface area contributed by atoms with Crippen LogP contribution < -0.4 is 0 Å². The molecule has 3 nitrogen and oxygen atoms in total. The summed E-state index contributed by atoms with van der Waals surface area (Å²) < 4.78 is 0. The van der Waals surface area contributed by atoms with Gasteiger partial charge in [0.15, 0.2) is 0 Å². The molecule has 3 aromatic carbocycles. The lowest BCUT2D eigenvalue weighted by molar-refractivity contribution is 0.0786. The summed E-state index contributed by atoms with van der Waals surface area (Å²) in [5, 5.41) is 22.5. The SMILES string of the molecule is CC(C)(O)c1ccc(CCC(O)c2cccc(C=Cc3ccc4ccc(Cl)cc4n3)c2)cc1. The zero-order chi connectivity index (χ0) is 23.4. The molecule has 0 aliphatic rings. The Morgan fingerprint density at radius 1 is 0.939 bits per heavy atom. The minimum Gasteiger partial charge on any atom is -0.388 e. The van der Waals surface area contributed by atoms with Gasteiger partial charge in [-0.25, -0.2) is 4.98 Å². The van der Waals surface area contributed by atoms with E-state index in [9.17, 15) is 10.2 Å². The number of pyridine rings is 1. The molecule has 0 spiro atoms. The molecule has 0 radical (unpaired) electrons. The van der Waals surface area contributed by atoms with Crippen LogP contribution >= 0.6 is 11.6 Å². The number of aromatic nitrogens is 1. The lowest BCUT2D eigenvalue weighted by Crippen LogP contribution is -2.15. The standard InChI is InChI=1S/C29H28ClNO2/c1-29(2,33)24-12-6-20(7-13-24)9-17-28(32)23-5-3-4-21(18-23)8-15-26-16-11-22-10-14-25(30)19-27(22)31-26/h3-8,10-16,18-19,28,32-33H,9,17H2,1-2H3. The van der Waals surface area contributed by atoms with Crippen LogP contribution in [0.25, 0.3) is 23.1 Å². The molecule has 0 amide bonds. The predicted molar refractivity (Wildman–Crippen MR) is 137 cm³/mol. The fraction of sp³-hybridized carbons (Fsp3) is 0.207. The normalized spacial score (nSPS) is 13.0. The van der Waals surface area contributed by atoms with Crippen LogP contribution in [0.1, 0.15) is 54.3 Å². The number of aliphatic hydroxyl groups is 2. The first kappa shape index (κ1) is 23.2. The Balaban J connectivity index is 1.41. The molecule has 1 heterocycles.